The summed E-state index contributed by atoms with van der Waals surface area (Å²) in [5.74, 6) is -1.70. The molecule has 1 heterocycles. The van der Waals surface area contributed by atoms with Crippen LogP contribution in [0.25, 0.3) is 0 Å². The lowest BCUT2D eigenvalue weighted by molar-refractivity contribution is -0.128. The standard InChI is InChI=1S/C22H24N2O6S/c1-4-30-22(27)16-6-8-17(9-7-16)23-21(26)19-11-12-20(25)24(19)31(28,29)18-10-5-14(2)15(3)13-18/h5-10,13,19H,4,11-12H2,1-3H3,(H,23,26)/t19-/m0/s1. The largest absolute Gasteiger partial charge is 0.462 e. The molecule has 1 fully saturated rings. The Hall–Kier alpha value is -3.20. The van der Waals surface area contributed by atoms with Gasteiger partial charge in [-0.05, 0) is 74.7 Å². The van der Waals surface area contributed by atoms with Crippen molar-refractivity contribution in [1.29, 1.82) is 0 Å². The quantitative estimate of drug-likeness (QED) is 0.686. The molecule has 2 amide bonds. The molecule has 0 bridgehead atoms. The fourth-order valence-corrected chi connectivity index (χ4v) is 5.01. The van der Waals surface area contributed by atoms with Gasteiger partial charge in [0.05, 0.1) is 17.1 Å². The van der Waals surface area contributed by atoms with Gasteiger partial charge in [-0.2, -0.15) is 0 Å². The smallest absolute Gasteiger partial charge is 0.338 e. The Morgan fingerprint density at radius 3 is 2.39 bits per heavy atom. The predicted octanol–water partition coefficient (Wildman–Crippen LogP) is 2.80. The lowest BCUT2D eigenvalue weighted by Crippen LogP contribution is -2.45. The van der Waals surface area contributed by atoms with Gasteiger partial charge in [0.25, 0.3) is 10.0 Å². The minimum atomic E-state index is -4.18. The summed E-state index contributed by atoms with van der Waals surface area (Å²) in [4.78, 5) is 37.0. The summed E-state index contributed by atoms with van der Waals surface area (Å²) in [7, 11) is -4.18. The molecule has 0 spiro atoms. The van der Waals surface area contributed by atoms with E-state index >= 15 is 0 Å². The molecular formula is C22H24N2O6S. The van der Waals surface area contributed by atoms with Crippen molar-refractivity contribution in [3.63, 3.8) is 0 Å². The van der Waals surface area contributed by atoms with Crippen LogP contribution in [-0.4, -0.2) is 43.2 Å². The normalized spacial score (nSPS) is 16.3. The number of anilines is 1. The predicted molar refractivity (Wildman–Crippen MR) is 114 cm³/mol. The van der Waals surface area contributed by atoms with Crippen LogP contribution in [-0.2, 0) is 24.3 Å². The first-order valence-corrected chi connectivity index (χ1v) is 11.3. The van der Waals surface area contributed by atoms with Crippen LogP contribution in [0.3, 0.4) is 0 Å². The van der Waals surface area contributed by atoms with E-state index in [2.05, 4.69) is 5.32 Å². The third kappa shape index (κ3) is 4.61. The van der Waals surface area contributed by atoms with Crippen molar-refractivity contribution in [2.45, 2.75) is 44.6 Å². The summed E-state index contributed by atoms with van der Waals surface area (Å²) in [6, 6.07) is 9.48. The monoisotopic (exact) mass is 444 g/mol. The molecule has 0 saturated carbocycles. The van der Waals surface area contributed by atoms with Crippen molar-refractivity contribution < 1.29 is 27.5 Å². The van der Waals surface area contributed by atoms with Crippen LogP contribution in [0, 0.1) is 13.8 Å². The van der Waals surface area contributed by atoms with Gasteiger partial charge < -0.3 is 10.1 Å². The molecule has 0 aromatic heterocycles. The molecule has 1 aliphatic heterocycles. The van der Waals surface area contributed by atoms with Crippen LogP contribution in [0.15, 0.2) is 47.4 Å². The Balaban J connectivity index is 1.81. The van der Waals surface area contributed by atoms with E-state index in [1.54, 1.807) is 19.9 Å². The number of carbonyl (C=O) groups is 3. The maximum atomic E-state index is 13.1. The van der Waals surface area contributed by atoms with Crippen molar-refractivity contribution in [3.05, 3.63) is 59.2 Å². The fourth-order valence-electron chi connectivity index (χ4n) is 3.32. The average molecular weight is 445 g/mol. The molecule has 2 aromatic rings. The molecule has 164 valence electrons. The van der Waals surface area contributed by atoms with Crippen molar-refractivity contribution >= 4 is 33.5 Å². The summed E-state index contributed by atoms with van der Waals surface area (Å²) < 4.78 is 31.9. The molecule has 9 heteroatoms. The lowest BCUT2D eigenvalue weighted by Gasteiger charge is -2.24. The number of aryl methyl sites for hydroxylation is 2. The van der Waals surface area contributed by atoms with Crippen LogP contribution < -0.4 is 5.32 Å². The zero-order valence-corrected chi connectivity index (χ0v) is 18.4. The van der Waals surface area contributed by atoms with Crippen LogP contribution in [0.2, 0.25) is 0 Å². The van der Waals surface area contributed by atoms with E-state index in [0.717, 1.165) is 11.1 Å². The highest BCUT2D eigenvalue weighted by atomic mass is 32.2. The van der Waals surface area contributed by atoms with Crippen LogP contribution >= 0.6 is 0 Å². The van der Waals surface area contributed by atoms with E-state index in [9.17, 15) is 22.8 Å². The molecule has 0 unspecified atom stereocenters. The zero-order chi connectivity index (χ0) is 22.8. The highest BCUT2D eigenvalue weighted by molar-refractivity contribution is 7.89. The topological polar surface area (TPSA) is 110 Å². The molecule has 0 radical (unpaired) electrons. The van der Waals surface area contributed by atoms with E-state index in [1.807, 2.05) is 6.92 Å². The van der Waals surface area contributed by atoms with E-state index in [0.29, 0.717) is 15.6 Å². The minimum Gasteiger partial charge on any atom is -0.462 e. The van der Waals surface area contributed by atoms with Gasteiger partial charge in [0.1, 0.15) is 6.04 Å². The van der Waals surface area contributed by atoms with E-state index < -0.39 is 33.8 Å². The summed E-state index contributed by atoms with van der Waals surface area (Å²) >= 11 is 0. The van der Waals surface area contributed by atoms with Crippen molar-refractivity contribution in [2.24, 2.45) is 0 Å². The summed E-state index contributed by atoms with van der Waals surface area (Å²) in [6.07, 6.45) is 0.0552. The van der Waals surface area contributed by atoms with Crippen LogP contribution in [0.4, 0.5) is 5.69 Å². The van der Waals surface area contributed by atoms with Crippen molar-refractivity contribution in [3.8, 4) is 0 Å². The molecule has 1 saturated heterocycles. The molecule has 1 aliphatic rings. The average Bonchev–Trinajstić information content (AvgIpc) is 3.13. The van der Waals surface area contributed by atoms with Gasteiger partial charge in [-0.25, -0.2) is 17.5 Å². The molecule has 8 nitrogen and oxygen atoms in total. The number of carbonyl (C=O) groups excluding carboxylic acids is 3. The number of amides is 2. The molecule has 3 rings (SSSR count). The zero-order valence-electron chi connectivity index (χ0n) is 17.5. The van der Waals surface area contributed by atoms with E-state index in [-0.39, 0.29) is 24.3 Å². The Morgan fingerprint density at radius 2 is 1.77 bits per heavy atom. The van der Waals surface area contributed by atoms with Crippen molar-refractivity contribution in [2.75, 3.05) is 11.9 Å². The number of benzene rings is 2. The first-order chi connectivity index (χ1) is 14.6. The molecule has 1 atom stereocenters. The maximum Gasteiger partial charge on any atom is 0.338 e. The Kier molecular flexibility index (Phi) is 6.45. The number of nitrogens with zero attached hydrogens (tertiary/aromatic N) is 1. The van der Waals surface area contributed by atoms with Gasteiger partial charge in [-0.15, -0.1) is 0 Å². The highest BCUT2D eigenvalue weighted by Crippen LogP contribution is 2.29. The van der Waals surface area contributed by atoms with Gasteiger partial charge in [0.15, 0.2) is 0 Å². The van der Waals surface area contributed by atoms with Gasteiger partial charge in [-0.3, -0.25) is 9.59 Å². The van der Waals surface area contributed by atoms with E-state index in [4.69, 9.17) is 4.74 Å². The molecule has 1 N–H and O–H groups in total. The summed E-state index contributed by atoms with van der Waals surface area (Å²) in [5, 5.41) is 2.63. The second kappa shape index (κ2) is 8.89. The number of rotatable bonds is 6. The Morgan fingerprint density at radius 1 is 1.10 bits per heavy atom. The van der Waals surface area contributed by atoms with Crippen LogP contribution in [0.1, 0.15) is 41.3 Å². The lowest BCUT2D eigenvalue weighted by atomic mass is 10.1. The Labute approximate surface area is 181 Å². The molecule has 31 heavy (non-hydrogen) atoms. The van der Waals surface area contributed by atoms with Crippen molar-refractivity contribution in [1.82, 2.24) is 4.31 Å². The van der Waals surface area contributed by atoms with E-state index in [1.165, 1.54) is 36.4 Å². The number of sulfonamides is 1. The number of hydrogen-bond acceptors (Lipinski definition) is 6. The number of esters is 1. The van der Waals surface area contributed by atoms with Gasteiger partial charge in [0.2, 0.25) is 11.8 Å². The number of nitrogens with one attached hydrogen (secondary N) is 1. The van der Waals surface area contributed by atoms with Gasteiger partial charge >= 0.3 is 5.97 Å². The number of ether oxygens (including phenoxy) is 1. The summed E-state index contributed by atoms with van der Waals surface area (Å²) in [5.41, 5.74) is 2.40. The minimum absolute atomic E-state index is 0.0255. The fraction of sp³-hybridized carbons (Fsp3) is 0.318. The highest BCUT2D eigenvalue weighted by Gasteiger charge is 2.44. The second-order valence-corrected chi connectivity index (χ2v) is 9.10. The van der Waals surface area contributed by atoms with Gasteiger partial charge in [-0.1, -0.05) is 6.07 Å². The second-order valence-electron chi connectivity index (χ2n) is 7.28. The van der Waals surface area contributed by atoms with Crippen LogP contribution in [0.5, 0.6) is 0 Å². The third-order valence-electron chi connectivity index (χ3n) is 5.16. The summed E-state index contributed by atoms with van der Waals surface area (Å²) in [6.45, 7) is 5.59. The van der Waals surface area contributed by atoms with Gasteiger partial charge in [0, 0.05) is 12.1 Å². The maximum absolute atomic E-state index is 13.1. The Bertz CT molecular complexity index is 1130. The molecule has 0 aliphatic carbocycles. The molecular weight excluding hydrogens is 420 g/mol. The number of hydrogen-bond donors (Lipinski definition) is 1. The first kappa shape index (κ1) is 22.5. The molecule has 2 aromatic carbocycles. The first-order valence-electron chi connectivity index (χ1n) is 9.87. The SMILES string of the molecule is CCOC(=O)c1ccc(NC(=O)[C@@H]2CCC(=O)N2S(=O)(=O)c2ccc(C)c(C)c2)cc1. The third-order valence-corrected chi connectivity index (χ3v) is 6.99.